The first-order chi connectivity index (χ1) is 10.7. The van der Waals surface area contributed by atoms with E-state index in [2.05, 4.69) is 5.32 Å². The van der Waals surface area contributed by atoms with Gasteiger partial charge in [0.2, 0.25) is 11.8 Å². The first-order valence-corrected chi connectivity index (χ1v) is 8.05. The molecule has 0 fully saturated rings. The first-order valence-electron chi connectivity index (χ1n) is 7.10. The fourth-order valence-electron chi connectivity index (χ4n) is 2.46. The minimum absolute atomic E-state index is 0.0150. The van der Waals surface area contributed by atoms with E-state index in [1.807, 2.05) is 41.1 Å². The normalized spacial score (nSPS) is 13.4. The van der Waals surface area contributed by atoms with Crippen LogP contribution in [0.3, 0.4) is 0 Å². The molecule has 0 radical (unpaired) electrons. The average molecular weight is 312 g/mol. The molecule has 5 heteroatoms. The van der Waals surface area contributed by atoms with Gasteiger partial charge < -0.3 is 10.2 Å². The lowest BCUT2D eigenvalue weighted by molar-refractivity contribution is -0.122. The lowest BCUT2D eigenvalue weighted by Gasteiger charge is -2.17. The van der Waals surface area contributed by atoms with E-state index in [1.54, 1.807) is 22.3 Å². The second-order valence-corrected chi connectivity index (χ2v) is 5.81. The summed E-state index contributed by atoms with van der Waals surface area (Å²) in [6.45, 7) is 0.694. The number of para-hydroxylation sites is 1. The summed E-state index contributed by atoms with van der Waals surface area (Å²) in [5.74, 6) is -0.339. The van der Waals surface area contributed by atoms with Crippen LogP contribution in [-0.2, 0) is 16.0 Å². The van der Waals surface area contributed by atoms with E-state index >= 15 is 0 Å². The van der Waals surface area contributed by atoms with E-state index < -0.39 is 0 Å². The Morgan fingerprint density at radius 2 is 2.14 bits per heavy atom. The fourth-order valence-corrected chi connectivity index (χ4v) is 3.08. The van der Waals surface area contributed by atoms with Gasteiger partial charge in [-0.25, -0.2) is 0 Å². The zero-order valence-corrected chi connectivity index (χ0v) is 12.8. The summed E-state index contributed by atoms with van der Waals surface area (Å²) in [6, 6.07) is 9.81. The Bertz CT molecular complexity index is 707. The molecule has 1 aliphatic rings. The molecule has 1 aliphatic heterocycles. The standard InChI is InChI=1S/C17H16N2O2S/c20-16(6-5-13-8-10-22-12-13)18-11-17(21)19-9-7-14-3-1-2-4-15(14)19/h1-6,8,10,12H,7,9,11H2,(H,18,20). The molecular formula is C17H16N2O2S. The number of hydrogen-bond donors (Lipinski definition) is 1. The van der Waals surface area contributed by atoms with Gasteiger partial charge >= 0.3 is 0 Å². The van der Waals surface area contributed by atoms with Crippen LogP contribution in [0.2, 0.25) is 0 Å². The van der Waals surface area contributed by atoms with Crippen molar-refractivity contribution in [3.8, 4) is 0 Å². The van der Waals surface area contributed by atoms with Crippen LogP contribution in [0.15, 0.2) is 47.2 Å². The van der Waals surface area contributed by atoms with Crippen LogP contribution in [0.25, 0.3) is 6.08 Å². The summed E-state index contributed by atoms with van der Waals surface area (Å²) >= 11 is 1.58. The third kappa shape index (κ3) is 3.26. The van der Waals surface area contributed by atoms with Crippen LogP contribution >= 0.6 is 11.3 Å². The molecule has 0 saturated heterocycles. The lowest BCUT2D eigenvalue weighted by Crippen LogP contribution is -2.38. The van der Waals surface area contributed by atoms with Gasteiger partial charge in [0.05, 0.1) is 6.54 Å². The zero-order chi connectivity index (χ0) is 15.4. The van der Waals surface area contributed by atoms with Gasteiger partial charge in [0.1, 0.15) is 0 Å². The van der Waals surface area contributed by atoms with Crippen molar-refractivity contribution in [3.63, 3.8) is 0 Å². The molecule has 0 aliphatic carbocycles. The molecule has 2 amide bonds. The molecule has 0 saturated carbocycles. The Morgan fingerprint density at radius 3 is 2.95 bits per heavy atom. The number of benzene rings is 1. The van der Waals surface area contributed by atoms with Gasteiger partial charge in [-0.15, -0.1) is 0 Å². The van der Waals surface area contributed by atoms with E-state index in [0.717, 1.165) is 17.7 Å². The highest BCUT2D eigenvalue weighted by Gasteiger charge is 2.23. The minimum Gasteiger partial charge on any atom is -0.343 e. The first kappa shape index (κ1) is 14.5. The predicted octanol–water partition coefficient (Wildman–Crippen LogP) is 2.47. The second kappa shape index (κ2) is 6.58. The van der Waals surface area contributed by atoms with Crippen LogP contribution in [0, 0.1) is 0 Å². The van der Waals surface area contributed by atoms with Crippen LogP contribution in [0.1, 0.15) is 11.1 Å². The maximum Gasteiger partial charge on any atom is 0.246 e. The molecule has 0 atom stereocenters. The number of fused-ring (bicyclic) bond motifs is 1. The number of hydrogen-bond acceptors (Lipinski definition) is 3. The minimum atomic E-state index is -0.257. The number of thiophene rings is 1. The van der Waals surface area contributed by atoms with E-state index in [4.69, 9.17) is 0 Å². The molecule has 2 heterocycles. The molecule has 1 aromatic heterocycles. The Morgan fingerprint density at radius 1 is 1.27 bits per heavy atom. The number of anilines is 1. The SMILES string of the molecule is O=C(C=Cc1ccsc1)NCC(=O)N1CCc2ccccc21. The fraction of sp³-hybridized carbons (Fsp3) is 0.176. The molecule has 0 spiro atoms. The summed E-state index contributed by atoms with van der Waals surface area (Å²) < 4.78 is 0. The summed E-state index contributed by atoms with van der Waals surface area (Å²) in [5, 5.41) is 6.54. The lowest BCUT2D eigenvalue weighted by atomic mass is 10.2. The van der Waals surface area contributed by atoms with Gasteiger partial charge in [0, 0.05) is 18.3 Å². The maximum atomic E-state index is 12.2. The van der Waals surface area contributed by atoms with Gasteiger partial charge in [-0.2, -0.15) is 11.3 Å². The number of rotatable bonds is 4. The third-order valence-electron chi connectivity index (χ3n) is 3.57. The van der Waals surface area contributed by atoms with Crippen molar-refractivity contribution in [1.82, 2.24) is 5.32 Å². The van der Waals surface area contributed by atoms with Gasteiger partial charge in [-0.3, -0.25) is 9.59 Å². The van der Waals surface area contributed by atoms with Gasteiger partial charge in [0.15, 0.2) is 0 Å². The Balaban J connectivity index is 1.54. The molecular weight excluding hydrogens is 296 g/mol. The topological polar surface area (TPSA) is 49.4 Å². The summed E-state index contributed by atoms with van der Waals surface area (Å²) in [6.07, 6.45) is 4.06. The highest BCUT2D eigenvalue weighted by Crippen LogP contribution is 2.27. The molecule has 22 heavy (non-hydrogen) atoms. The highest BCUT2D eigenvalue weighted by molar-refractivity contribution is 7.08. The number of carbonyl (C=O) groups is 2. The van der Waals surface area contributed by atoms with E-state index in [1.165, 1.54) is 11.6 Å². The van der Waals surface area contributed by atoms with Crippen molar-refractivity contribution in [3.05, 3.63) is 58.3 Å². The van der Waals surface area contributed by atoms with Crippen LogP contribution < -0.4 is 10.2 Å². The van der Waals surface area contributed by atoms with Crippen molar-refractivity contribution in [2.24, 2.45) is 0 Å². The zero-order valence-electron chi connectivity index (χ0n) is 12.0. The molecule has 3 rings (SSSR count). The monoisotopic (exact) mass is 312 g/mol. The maximum absolute atomic E-state index is 12.2. The summed E-state index contributed by atoms with van der Waals surface area (Å²) in [7, 11) is 0. The Labute approximate surface area is 133 Å². The smallest absolute Gasteiger partial charge is 0.246 e. The molecule has 1 N–H and O–H groups in total. The number of carbonyl (C=O) groups excluding carboxylic acids is 2. The van der Waals surface area contributed by atoms with Gasteiger partial charge in [-0.1, -0.05) is 18.2 Å². The molecule has 112 valence electrons. The average Bonchev–Trinajstić information content (AvgIpc) is 3.19. The quantitative estimate of drug-likeness (QED) is 0.882. The van der Waals surface area contributed by atoms with Crippen molar-refractivity contribution in [2.45, 2.75) is 6.42 Å². The number of nitrogens with one attached hydrogen (secondary N) is 1. The molecule has 0 unspecified atom stereocenters. The van der Waals surface area contributed by atoms with Crippen molar-refractivity contribution in [1.29, 1.82) is 0 Å². The highest BCUT2D eigenvalue weighted by atomic mass is 32.1. The second-order valence-electron chi connectivity index (χ2n) is 5.03. The third-order valence-corrected chi connectivity index (χ3v) is 4.27. The summed E-state index contributed by atoms with van der Waals surface area (Å²) in [5.41, 5.74) is 3.12. The predicted molar refractivity (Wildman–Crippen MR) is 88.9 cm³/mol. The molecule has 1 aromatic carbocycles. The number of nitrogens with zero attached hydrogens (tertiary/aromatic N) is 1. The van der Waals surface area contributed by atoms with Crippen molar-refractivity contribution >= 4 is 34.9 Å². The van der Waals surface area contributed by atoms with E-state index in [9.17, 15) is 9.59 Å². The van der Waals surface area contributed by atoms with E-state index in [-0.39, 0.29) is 18.4 Å². The van der Waals surface area contributed by atoms with Gasteiger partial charge in [0.25, 0.3) is 0 Å². The number of amides is 2. The largest absolute Gasteiger partial charge is 0.343 e. The summed E-state index contributed by atoms with van der Waals surface area (Å²) in [4.78, 5) is 25.7. The van der Waals surface area contributed by atoms with Crippen LogP contribution in [0.4, 0.5) is 5.69 Å². The van der Waals surface area contributed by atoms with Crippen LogP contribution in [0.5, 0.6) is 0 Å². The van der Waals surface area contributed by atoms with Gasteiger partial charge in [-0.05, 0) is 46.5 Å². The van der Waals surface area contributed by atoms with Crippen molar-refractivity contribution in [2.75, 3.05) is 18.0 Å². The van der Waals surface area contributed by atoms with Crippen molar-refractivity contribution < 1.29 is 9.59 Å². The molecule has 2 aromatic rings. The Kier molecular flexibility index (Phi) is 4.34. The Hall–Kier alpha value is -2.40. The van der Waals surface area contributed by atoms with E-state index in [0.29, 0.717) is 6.54 Å². The molecule has 4 nitrogen and oxygen atoms in total. The van der Waals surface area contributed by atoms with Crippen LogP contribution in [-0.4, -0.2) is 24.9 Å². The molecule has 0 bridgehead atoms.